The van der Waals surface area contributed by atoms with Crippen molar-refractivity contribution in [2.75, 3.05) is 6.61 Å². The van der Waals surface area contributed by atoms with Crippen LogP contribution in [0, 0.1) is 5.82 Å². The Labute approximate surface area is 97.3 Å². The van der Waals surface area contributed by atoms with Gasteiger partial charge in [-0.15, -0.1) is 0 Å². The number of ether oxygens (including phenoxy) is 1. The SMILES string of the molecule is CCOC(=O)C(=O)N/N=C/c1ccccc1F. The predicted molar refractivity (Wildman–Crippen MR) is 58.8 cm³/mol. The molecule has 0 heterocycles. The molecule has 5 nitrogen and oxygen atoms in total. The molecule has 1 N–H and O–H groups in total. The van der Waals surface area contributed by atoms with E-state index in [0.717, 1.165) is 6.21 Å². The number of nitrogens with one attached hydrogen (secondary N) is 1. The first kappa shape index (κ1) is 12.8. The van der Waals surface area contributed by atoms with E-state index in [9.17, 15) is 14.0 Å². The van der Waals surface area contributed by atoms with Crippen LogP contribution < -0.4 is 5.43 Å². The summed E-state index contributed by atoms with van der Waals surface area (Å²) in [4.78, 5) is 21.9. The Kier molecular flexibility index (Phi) is 4.80. The molecule has 0 aromatic heterocycles. The lowest BCUT2D eigenvalue weighted by molar-refractivity contribution is -0.154. The second-order valence-electron chi connectivity index (χ2n) is 2.94. The number of hydrazone groups is 1. The molecular formula is C11H11FN2O3. The third-order valence-electron chi connectivity index (χ3n) is 1.74. The lowest BCUT2D eigenvalue weighted by Gasteiger charge is -1.99. The van der Waals surface area contributed by atoms with E-state index in [1.807, 2.05) is 5.43 Å². The van der Waals surface area contributed by atoms with Gasteiger partial charge in [0.1, 0.15) is 5.82 Å². The van der Waals surface area contributed by atoms with Gasteiger partial charge in [0.2, 0.25) is 0 Å². The normalized spacial score (nSPS) is 10.2. The molecule has 1 aromatic rings. The van der Waals surface area contributed by atoms with Gasteiger partial charge in [0.05, 0.1) is 12.8 Å². The molecular weight excluding hydrogens is 227 g/mol. The summed E-state index contributed by atoms with van der Waals surface area (Å²) in [6.45, 7) is 1.68. The van der Waals surface area contributed by atoms with E-state index in [1.165, 1.54) is 18.2 Å². The molecule has 0 saturated heterocycles. The predicted octanol–water partition coefficient (Wildman–Crippen LogP) is 0.839. The molecule has 0 unspecified atom stereocenters. The van der Waals surface area contributed by atoms with Crippen molar-refractivity contribution in [3.8, 4) is 0 Å². The van der Waals surface area contributed by atoms with Crippen LogP contribution >= 0.6 is 0 Å². The van der Waals surface area contributed by atoms with E-state index in [0.29, 0.717) is 0 Å². The number of carbonyl (C=O) groups excluding carboxylic acids is 2. The van der Waals surface area contributed by atoms with Gasteiger partial charge in [-0.05, 0) is 13.0 Å². The molecule has 0 aliphatic rings. The van der Waals surface area contributed by atoms with Crippen LogP contribution in [-0.2, 0) is 14.3 Å². The van der Waals surface area contributed by atoms with Gasteiger partial charge < -0.3 is 4.74 Å². The van der Waals surface area contributed by atoms with Crippen molar-refractivity contribution in [2.24, 2.45) is 5.10 Å². The quantitative estimate of drug-likeness (QED) is 0.367. The van der Waals surface area contributed by atoms with Crippen molar-refractivity contribution in [1.29, 1.82) is 0 Å². The van der Waals surface area contributed by atoms with Gasteiger partial charge in [0.15, 0.2) is 0 Å². The van der Waals surface area contributed by atoms with Crippen LogP contribution in [0.4, 0.5) is 4.39 Å². The summed E-state index contributed by atoms with van der Waals surface area (Å²) in [6, 6.07) is 5.89. The molecule has 0 aliphatic heterocycles. The Hall–Kier alpha value is -2.24. The standard InChI is InChI=1S/C11H11FN2O3/c1-2-17-11(16)10(15)14-13-7-8-5-3-4-6-9(8)12/h3-7H,2H2,1H3,(H,14,15)/b13-7+. The third kappa shape index (κ3) is 4.02. The number of carbonyl (C=O) groups is 2. The minimum Gasteiger partial charge on any atom is -0.459 e. The van der Waals surface area contributed by atoms with E-state index in [-0.39, 0.29) is 12.2 Å². The highest BCUT2D eigenvalue weighted by Crippen LogP contribution is 2.02. The van der Waals surface area contributed by atoms with Gasteiger partial charge in [-0.3, -0.25) is 4.79 Å². The summed E-state index contributed by atoms with van der Waals surface area (Å²) in [5.41, 5.74) is 2.14. The average Bonchev–Trinajstić information content (AvgIpc) is 2.31. The Morgan fingerprint density at radius 2 is 2.18 bits per heavy atom. The molecule has 0 radical (unpaired) electrons. The highest BCUT2D eigenvalue weighted by Gasteiger charge is 2.12. The summed E-state index contributed by atoms with van der Waals surface area (Å²) in [7, 11) is 0. The second-order valence-corrected chi connectivity index (χ2v) is 2.94. The maximum absolute atomic E-state index is 13.1. The molecule has 1 aromatic carbocycles. The van der Waals surface area contributed by atoms with Crippen LogP contribution in [0.25, 0.3) is 0 Å². The van der Waals surface area contributed by atoms with Gasteiger partial charge >= 0.3 is 11.9 Å². The van der Waals surface area contributed by atoms with Crippen LogP contribution in [0.1, 0.15) is 12.5 Å². The van der Waals surface area contributed by atoms with E-state index in [1.54, 1.807) is 13.0 Å². The Morgan fingerprint density at radius 1 is 1.47 bits per heavy atom. The van der Waals surface area contributed by atoms with E-state index >= 15 is 0 Å². The van der Waals surface area contributed by atoms with Crippen molar-refractivity contribution < 1.29 is 18.7 Å². The van der Waals surface area contributed by atoms with Crippen molar-refractivity contribution in [2.45, 2.75) is 6.92 Å². The summed E-state index contributed by atoms with van der Waals surface area (Å²) < 4.78 is 17.5. The van der Waals surface area contributed by atoms with Crippen molar-refractivity contribution in [3.05, 3.63) is 35.6 Å². The largest absolute Gasteiger partial charge is 0.459 e. The number of nitrogens with zero attached hydrogens (tertiary/aromatic N) is 1. The Balaban J connectivity index is 2.54. The minimum absolute atomic E-state index is 0.100. The molecule has 0 bridgehead atoms. The first-order valence-electron chi connectivity index (χ1n) is 4.89. The van der Waals surface area contributed by atoms with Gasteiger partial charge in [-0.1, -0.05) is 18.2 Å². The van der Waals surface area contributed by atoms with Gasteiger partial charge in [0, 0.05) is 5.56 Å². The zero-order chi connectivity index (χ0) is 12.7. The molecule has 0 spiro atoms. The summed E-state index contributed by atoms with van der Waals surface area (Å²) in [5.74, 6) is -2.50. The molecule has 1 rings (SSSR count). The average molecular weight is 238 g/mol. The second kappa shape index (κ2) is 6.37. The first-order valence-corrected chi connectivity index (χ1v) is 4.89. The van der Waals surface area contributed by atoms with Gasteiger partial charge in [-0.25, -0.2) is 14.6 Å². The number of hydrogen-bond acceptors (Lipinski definition) is 4. The number of amides is 1. The van der Waals surface area contributed by atoms with E-state index < -0.39 is 17.7 Å². The van der Waals surface area contributed by atoms with Gasteiger partial charge in [-0.2, -0.15) is 5.10 Å². The lowest BCUT2D eigenvalue weighted by Crippen LogP contribution is -2.28. The van der Waals surface area contributed by atoms with Gasteiger partial charge in [0.25, 0.3) is 0 Å². The summed E-state index contributed by atoms with van der Waals surface area (Å²) in [6.07, 6.45) is 1.10. The molecule has 0 atom stereocenters. The Bertz CT molecular complexity index is 446. The number of rotatable bonds is 3. The summed E-state index contributed by atoms with van der Waals surface area (Å²) >= 11 is 0. The summed E-state index contributed by atoms with van der Waals surface area (Å²) in [5, 5.41) is 3.44. The lowest BCUT2D eigenvalue weighted by atomic mass is 10.2. The molecule has 90 valence electrons. The molecule has 0 saturated carbocycles. The van der Waals surface area contributed by atoms with Crippen molar-refractivity contribution in [3.63, 3.8) is 0 Å². The monoisotopic (exact) mass is 238 g/mol. The van der Waals surface area contributed by atoms with Crippen LogP contribution in [0.2, 0.25) is 0 Å². The fourth-order valence-corrected chi connectivity index (χ4v) is 0.983. The zero-order valence-corrected chi connectivity index (χ0v) is 9.14. The number of halogens is 1. The molecule has 17 heavy (non-hydrogen) atoms. The fraction of sp³-hybridized carbons (Fsp3) is 0.182. The minimum atomic E-state index is -1.03. The van der Waals surface area contributed by atoms with Crippen LogP contribution in [0.15, 0.2) is 29.4 Å². The maximum atomic E-state index is 13.1. The molecule has 1 amide bonds. The number of esters is 1. The highest BCUT2D eigenvalue weighted by atomic mass is 19.1. The topological polar surface area (TPSA) is 67.8 Å². The molecule has 6 heteroatoms. The van der Waals surface area contributed by atoms with Crippen LogP contribution in [-0.4, -0.2) is 24.7 Å². The number of benzene rings is 1. The first-order chi connectivity index (χ1) is 8.15. The zero-order valence-electron chi connectivity index (χ0n) is 9.14. The van der Waals surface area contributed by atoms with Crippen LogP contribution in [0.5, 0.6) is 0 Å². The van der Waals surface area contributed by atoms with E-state index in [4.69, 9.17) is 0 Å². The number of hydrogen-bond donors (Lipinski definition) is 1. The van der Waals surface area contributed by atoms with E-state index in [2.05, 4.69) is 9.84 Å². The smallest absolute Gasteiger partial charge is 0.398 e. The Morgan fingerprint density at radius 3 is 2.82 bits per heavy atom. The van der Waals surface area contributed by atoms with Crippen molar-refractivity contribution >= 4 is 18.1 Å². The molecule has 0 fully saturated rings. The van der Waals surface area contributed by atoms with Crippen molar-refractivity contribution in [1.82, 2.24) is 5.43 Å². The van der Waals surface area contributed by atoms with Crippen LogP contribution in [0.3, 0.4) is 0 Å². The fourth-order valence-electron chi connectivity index (χ4n) is 0.983. The maximum Gasteiger partial charge on any atom is 0.398 e. The third-order valence-corrected chi connectivity index (χ3v) is 1.74. The molecule has 0 aliphatic carbocycles. The highest BCUT2D eigenvalue weighted by molar-refractivity contribution is 6.32.